The highest BCUT2D eigenvalue weighted by molar-refractivity contribution is 6.33. The molecule has 2 aromatic heterocycles. The van der Waals surface area contributed by atoms with Gasteiger partial charge in [-0.15, -0.1) is 0 Å². The van der Waals surface area contributed by atoms with Gasteiger partial charge < -0.3 is 24.5 Å². The van der Waals surface area contributed by atoms with Crippen LogP contribution in [0.4, 0.5) is 10.2 Å². The van der Waals surface area contributed by atoms with E-state index < -0.39 is 29.4 Å². The third-order valence-electron chi connectivity index (χ3n) is 7.04. The van der Waals surface area contributed by atoms with E-state index in [9.17, 15) is 14.7 Å². The molecule has 0 spiro atoms. The van der Waals surface area contributed by atoms with Crippen molar-refractivity contribution in [2.24, 2.45) is 0 Å². The molecule has 5 heterocycles. The number of piperazine rings is 1. The predicted octanol–water partition coefficient (Wildman–Crippen LogP) is 2.52. The molecule has 0 saturated carbocycles. The molecule has 1 N–H and O–H groups in total. The molecule has 0 bridgehead atoms. The summed E-state index contributed by atoms with van der Waals surface area (Å²) in [7, 11) is 0. The first-order valence-electron chi connectivity index (χ1n) is 11.8. The zero-order valence-electron chi connectivity index (χ0n) is 20.1. The van der Waals surface area contributed by atoms with Crippen LogP contribution in [0.3, 0.4) is 0 Å². The summed E-state index contributed by atoms with van der Waals surface area (Å²) in [5.74, 6) is -1.53. The van der Waals surface area contributed by atoms with Gasteiger partial charge in [0.2, 0.25) is 5.91 Å². The number of anilines is 1. The smallest absolute Gasteiger partial charge is 0.262 e. The third-order valence-corrected chi connectivity index (χ3v) is 7.34. The summed E-state index contributed by atoms with van der Waals surface area (Å²) in [6, 6.07) is 2.73. The number of amides is 2. The molecule has 3 aliphatic heterocycles. The molecular formula is C25H27ClFN5O4. The lowest BCUT2D eigenvalue weighted by atomic mass is 10.00. The normalized spacial score (nSPS) is 23.0. The quantitative estimate of drug-likeness (QED) is 0.627. The maximum atomic E-state index is 16.0. The number of nitrogens with zero attached hydrogens (tertiary/aromatic N) is 5. The van der Waals surface area contributed by atoms with Crippen molar-refractivity contribution in [1.82, 2.24) is 19.8 Å². The number of β-amino-alcohol motifs (C(OH)–C–C–N with tert-alkyl or cyclic N) is 1. The van der Waals surface area contributed by atoms with Gasteiger partial charge in [0.15, 0.2) is 11.6 Å². The topological polar surface area (TPSA) is 99.1 Å². The third kappa shape index (κ3) is 3.98. The minimum Gasteiger partial charge on any atom is -0.487 e. The fraction of sp³-hybridized carbons (Fsp3) is 0.440. The van der Waals surface area contributed by atoms with Crippen LogP contribution in [0.5, 0.6) is 5.75 Å². The van der Waals surface area contributed by atoms with Gasteiger partial charge in [0.1, 0.15) is 29.4 Å². The monoisotopic (exact) mass is 515 g/mol. The van der Waals surface area contributed by atoms with Crippen molar-refractivity contribution in [1.29, 1.82) is 0 Å². The molecule has 11 heteroatoms. The van der Waals surface area contributed by atoms with Gasteiger partial charge >= 0.3 is 0 Å². The Labute approximate surface area is 213 Å². The van der Waals surface area contributed by atoms with Crippen molar-refractivity contribution in [2.45, 2.75) is 38.0 Å². The summed E-state index contributed by atoms with van der Waals surface area (Å²) in [5, 5.41) is 10.7. The van der Waals surface area contributed by atoms with E-state index in [1.807, 2.05) is 18.7 Å². The van der Waals surface area contributed by atoms with Crippen molar-refractivity contribution in [2.75, 3.05) is 37.7 Å². The molecule has 0 aliphatic carbocycles. The zero-order valence-corrected chi connectivity index (χ0v) is 20.8. The largest absolute Gasteiger partial charge is 0.487 e. The molecule has 0 aromatic carbocycles. The van der Waals surface area contributed by atoms with E-state index in [4.69, 9.17) is 16.3 Å². The minimum absolute atomic E-state index is 0.00326. The van der Waals surface area contributed by atoms with E-state index >= 15 is 4.39 Å². The van der Waals surface area contributed by atoms with E-state index in [2.05, 4.69) is 16.5 Å². The average molecular weight is 516 g/mol. The molecule has 1 unspecified atom stereocenters. The zero-order chi connectivity index (χ0) is 25.8. The van der Waals surface area contributed by atoms with Gasteiger partial charge in [0.05, 0.1) is 17.2 Å². The number of aliphatic hydroxyl groups excluding tert-OH is 1. The fourth-order valence-corrected chi connectivity index (χ4v) is 5.48. The van der Waals surface area contributed by atoms with Crippen LogP contribution in [-0.4, -0.2) is 87.2 Å². The van der Waals surface area contributed by atoms with Crippen molar-refractivity contribution in [3.8, 4) is 17.1 Å². The maximum absolute atomic E-state index is 16.0. The Hall–Kier alpha value is -3.24. The Morgan fingerprint density at radius 2 is 2.11 bits per heavy atom. The molecule has 2 saturated heterocycles. The molecule has 190 valence electrons. The summed E-state index contributed by atoms with van der Waals surface area (Å²) in [5.41, 5.74) is -0.581. The van der Waals surface area contributed by atoms with Crippen molar-refractivity contribution in [3.05, 3.63) is 47.4 Å². The summed E-state index contributed by atoms with van der Waals surface area (Å²) in [4.78, 5) is 40.0. The first kappa shape index (κ1) is 24.5. The van der Waals surface area contributed by atoms with Crippen LogP contribution in [0.1, 0.15) is 30.6 Å². The second-order valence-corrected chi connectivity index (χ2v) is 10.3. The first-order valence-corrected chi connectivity index (χ1v) is 12.2. The molecule has 2 amide bonds. The predicted molar refractivity (Wildman–Crippen MR) is 132 cm³/mol. The molecular weight excluding hydrogens is 489 g/mol. The number of rotatable bonds is 3. The summed E-state index contributed by atoms with van der Waals surface area (Å²) in [6.07, 6.45) is 2.51. The van der Waals surface area contributed by atoms with Crippen LogP contribution >= 0.6 is 11.6 Å². The van der Waals surface area contributed by atoms with Crippen LogP contribution < -0.4 is 9.64 Å². The summed E-state index contributed by atoms with van der Waals surface area (Å²) >= 11 is 6.34. The Morgan fingerprint density at radius 1 is 1.33 bits per heavy atom. The van der Waals surface area contributed by atoms with Gasteiger partial charge in [-0.2, -0.15) is 0 Å². The van der Waals surface area contributed by atoms with Crippen LogP contribution in [0.15, 0.2) is 31.0 Å². The van der Waals surface area contributed by atoms with Gasteiger partial charge in [-0.25, -0.2) is 9.37 Å². The Balaban J connectivity index is 1.68. The number of halogens is 2. The molecule has 3 aliphatic rings. The number of aliphatic hydroxyl groups is 1. The van der Waals surface area contributed by atoms with E-state index in [-0.39, 0.29) is 65.7 Å². The van der Waals surface area contributed by atoms with Crippen molar-refractivity contribution < 1.29 is 23.8 Å². The highest BCUT2D eigenvalue weighted by atomic mass is 35.5. The Kier molecular flexibility index (Phi) is 6.12. The molecule has 2 atom stereocenters. The number of carbonyl (C=O) groups excluding carboxylic acids is 2. The molecule has 0 radical (unpaired) electrons. The highest BCUT2D eigenvalue weighted by Crippen LogP contribution is 2.44. The SMILES string of the molecule is C=CC(=O)N1CCN2C(=O)c3c(N4CC(O)CC4(C)C)nc(-c4ncccc4Cl)c(F)c3OC[C@H]2C1. The lowest BCUT2D eigenvalue weighted by Gasteiger charge is -2.40. The molecule has 5 rings (SSSR count). The standard InChI is InChI=1S/C25H27ClFN5O4/c1-4-17(34)30-8-9-31-14(11-30)13-36-22-18(24(31)35)23(32-12-15(33)10-25(32,2)3)29-21(19(22)27)20-16(26)6-5-7-28-20/h4-7,14-15,33H,1,8-13H2,2-3H3/t14-,15?/m1/s1. The number of aromatic nitrogens is 2. The summed E-state index contributed by atoms with van der Waals surface area (Å²) in [6.45, 7) is 8.41. The lowest BCUT2D eigenvalue weighted by Crippen LogP contribution is -2.57. The number of hydrogen-bond donors (Lipinski definition) is 1. The number of hydrogen-bond acceptors (Lipinski definition) is 7. The van der Waals surface area contributed by atoms with Gasteiger partial charge in [-0.3, -0.25) is 14.6 Å². The number of ether oxygens (including phenoxy) is 1. The number of fused-ring (bicyclic) bond motifs is 2. The molecule has 9 nitrogen and oxygen atoms in total. The van der Waals surface area contributed by atoms with E-state index in [0.717, 1.165) is 0 Å². The Morgan fingerprint density at radius 3 is 2.78 bits per heavy atom. The number of carbonyl (C=O) groups is 2. The van der Waals surface area contributed by atoms with Gasteiger partial charge in [0, 0.05) is 37.9 Å². The van der Waals surface area contributed by atoms with Crippen LogP contribution in [0, 0.1) is 5.82 Å². The van der Waals surface area contributed by atoms with Gasteiger partial charge in [-0.1, -0.05) is 18.2 Å². The lowest BCUT2D eigenvalue weighted by molar-refractivity contribution is -0.128. The summed E-state index contributed by atoms with van der Waals surface area (Å²) < 4.78 is 22.0. The molecule has 2 aromatic rings. The second kappa shape index (κ2) is 9.01. The first-order chi connectivity index (χ1) is 17.1. The fourth-order valence-electron chi connectivity index (χ4n) is 5.27. The molecule has 2 fully saturated rings. The minimum atomic E-state index is -0.834. The van der Waals surface area contributed by atoms with Crippen LogP contribution in [-0.2, 0) is 4.79 Å². The number of pyridine rings is 2. The van der Waals surface area contributed by atoms with Crippen molar-refractivity contribution in [3.63, 3.8) is 0 Å². The second-order valence-electron chi connectivity index (χ2n) is 9.87. The van der Waals surface area contributed by atoms with E-state index in [0.29, 0.717) is 13.0 Å². The van der Waals surface area contributed by atoms with Crippen molar-refractivity contribution >= 4 is 29.2 Å². The van der Waals surface area contributed by atoms with E-state index in [1.165, 1.54) is 12.3 Å². The average Bonchev–Trinajstić information content (AvgIpc) is 3.04. The van der Waals surface area contributed by atoms with E-state index in [1.54, 1.807) is 21.9 Å². The molecule has 36 heavy (non-hydrogen) atoms. The van der Waals surface area contributed by atoms with Crippen LogP contribution in [0.25, 0.3) is 11.4 Å². The highest BCUT2D eigenvalue weighted by Gasteiger charge is 2.45. The van der Waals surface area contributed by atoms with Gasteiger partial charge in [-0.05, 0) is 38.5 Å². The van der Waals surface area contributed by atoms with Gasteiger partial charge in [0.25, 0.3) is 5.91 Å². The Bertz CT molecular complexity index is 1260. The van der Waals surface area contributed by atoms with Crippen LogP contribution in [0.2, 0.25) is 5.02 Å². The maximum Gasteiger partial charge on any atom is 0.262 e.